The van der Waals surface area contributed by atoms with Crippen molar-refractivity contribution in [3.63, 3.8) is 0 Å². The Morgan fingerprint density at radius 1 is 1.33 bits per heavy atom. The van der Waals surface area contributed by atoms with Gasteiger partial charge in [-0.15, -0.1) is 35.3 Å². The summed E-state index contributed by atoms with van der Waals surface area (Å²) in [6, 6.07) is 3.88. The van der Waals surface area contributed by atoms with E-state index in [1.807, 2.05) is 22.4 Å². The Bertz CT molecular complexity index is 569. The van der Waals surface area contributed by atoms with E-state index < -0.39 is 0 Å². The van der Waals surface area contributed by atoms with Crippen molar-refractivity contribution in [1.29, 1.82) is 0 Å². The molecule has 0 unspecified atom stereocenters. The van der Waals surface area contributed by atoms with Crippen LogP contribution in [-0.4, -0.2) is 28.9 Å². The largest absolute Gasteiger partial charge is 0.338 e. The lowest BCUT2D eigenvalue weighted by molar-refractivity contribution is 0.0797. The van der Waals surface area contributed by atoms with E-state index in [0.717, 1.165) is 45.7 Å². The number of thiazole rings is 1. The molecular weight excluding hydrogens is 284 g/mol. The van der Waals surface area contributed by atoms with Gasteiger partial charge in [-0.2, -0.15) is 0 Å². The van der Waals surface area contributed by atoms with Gasteiger partial charge in [-0.3, -0.25) is 4.79 Å². The molecule has 0 radical (unpaired) electrons. The molecule has 1 aliphatic heterocycles. The van der Waals surface area contributed by atoms with Gasteiger partial charge in [0.1, 0.15) is 10.0 Å². The van der Waals surface area contributed by atoms with E-state index in [9.17, 15) is 4.79 Å². The number of aromatic nitrogens is 1. The highest BCUT2D eigenvalue weighted by Gasteiger charge is 2.21. The average Bonchev–Trinajstić information content (AvgIpc) is 3.09. The molecule has 3 nitrogen and oxygen atoms in total. The number of rotatable bonds is 2. The van der Waals surface area contributed by atoms with Crippen molar-refractivity contribution in [2.24, 2.45) is 0 Å². The summed E-state index contributed by atoms with van der Waals surface area (Å²) >= 11 is 7.28. The van der Waals surface area contributed by atoms with Gasteiger partial charge >= 0.3 is 0 Å². The Labute approximate surface area is 119 Å². The molecule has 0 spiro atoms. The monoisotopic (exact) mass is 296 g/mol. The third-order valence-electron chi connectivity index (χ3n) is 2.91. The van der Waals surface area contributed by atoms with Crippen LogP contribution in [-0.2, 0) is 0 Å². The number of thiol groups is 1. The van der Waals surface area contributed by atoms with Gasteiger partial charge in [0.2, 0.25) is 0 Å². The molecule has 1 fully saturated rings. The van der Waals surface area contributed by atoms with Crippen LogP contribution in [0.3, 0.4) is 0 Å². The van der Waals surface area contributed by atoms with Crippen LogP contribution in [0.25, 0.3) is 9.88 Å². The predicted octanol–water partition coefficient (Wildman–Crippen LogP) is 3.40. The molecule has 0 bridgehead atoms. The van der Waals surface area contributed by atoms with Gasteiger partial charge in [0.15, 0.2) is 0 Å². The highest BCUT2D eigenvalue weighted by Crippen LogP contribution is 2.32. The van der Waals surface area contributed by atoms with Crippen molar-refractivity contribution in [2.45, 2.75) is 17.9 Å². The zero-order valence-electron chi connectivity index (χ0n) is 9.63. The fourth-order valence-corrected chi connectivity index (χ4v) is 4.08. The molecule has 1 saturated heterocycles. The molecule has 94 valence electrons. The molecule has 6 heteroatoms. The molecular formula is C12H12N2OS3. The topological polar surface area (TPSA) is 33.2 Å². The summed E-state index contributed by atoms with van der Waals surface area (Å²) in [5.74, 6) is 0.159. The maximum absolute atomic E-state index is 12.2. The van der Waals surface area contributed by atoms with Crippen molar-refractivity contribution < 1.29 is 4.79 Å². The first-order valence-electron chi connectivity index (χ1n) is 5.78. The third-order valence-corrected chi connectivity index (χ3v) is 5.40. The summed E-state index contributed by atoms with van der Waals surface area (Å²) < 4.78 is 0. The number of carbonyl (C=O) groups is 1. The Hall–Kier alpha value is -0.850. The van der Waals surface area contributed by atoms with Gasteiger partial charge in [-0.05, 0) is 25.0 Å². The van der Waals surface area contributed by atoms with Crippen molar-refractivity contribution in [1.82, 2.24) is 9.88 Å². The lowest BCUT2D eigenvalue weighted by atomic mass is 10.4. The smallest absolute Gasteiger partial charge is 0.263 e. The van der Waals surface area contributed by atoms with Gasteiger partial charge in [0, 0.05) is 18.5 Å². The molecule has 0 aliphatic carbocycles. The minimum atomic E-state index is 0.159. The Balaban J connectivity index is 1.82. The Morgan fingerprint density at radius 3 is 2.78 bits per heavy atom. The maximum Gasteiger partial charge on any atom is 0.263 e. The SMILES string of the molecule is O=C(c1ccc(-c2nc(S)cs2)s1)N1CCCC1. The number of likely N-dealkylation sites (tertiary alicyclic amines) is 1. The first-order valence-corrected chi connectivity index (χ1v) is 7.92. The molecule has 2 aromatic heterocycles. The molecule has 0 aromatic carbocycles. The highest BCUT2D eigenvalue weighted by atomic mass is 32.1. The number of amides is 1. The van der Waals surface area contributed by atoms with E-state index in [-0.39, 0.29) is 5.91 Å². The van der Waals surface area contributed by atoms with Crippen molar-refractivity contribution in [2.75, 3.05) is 13.1 Å². The summed E-state index contributed by atoms with van der Waals surface area (Å²) in [4.78, 5) is 20.3. The second kappa shape index (κ2) is 5.03. The Kier molecular flexibility index (Phi) is 3.41. The van der Waals surface area contributed by atoms with Gasteiger partial charge < -0.3 is 4.90 Å². The number of hydrogen-bond acceptors (Lipinski definition) is 5. The Morgan fingerprint density at radius 2 is 2.11 bits per heavy atom. The summed E-state index contributed by atoms with van der Waals surface area (Å²) in [6.07, 6.45) is 2.25. The lowest BCUT2D eigenvalue weighted by Crippen LogP contribution is -2.26. The summed E-state index contributed by atoms with van der Waals surface area (Å²) in [7, 11) is 0. The zero-order chi connectivity index (χ0) is 12.5. The molecule has 3 rings (SSSR count). The average molecular weight is 296 g/mol. The molecule has 1 amide bonds. The number of carbonyl (C=O) groups excluding carboxylic acids is 1. The van der Waals surface area contributed by atoms with Crippen LogP contribution < -0.4 is 0 Å². The fraction of sp³-hybridized carbons (Fsp3) is 0.333. The molecule has 0 atom stereocenters. The molecule has 0 N–H and O–H groups in total. The van der Waals surface area contributed by atoms with Gasteiger partial charge in [-0.25, -0.2) is 4.98 Å². The quantitative estimate of drug-likeness (QED) is 0.862. The minimum absolute atomic E-state index is 0.159. The third kappa shape index (κ3) is 2.32. The summed E-state index contributed by atoms with van der Waals surface area (Å²) in [5.41, 5.74) is 0. The molecule has 18 heavy (non-hydrogen) atoms. The van der Waals surface area contributed by atoms with Gasteiger partial charge in [0.05, 0.1) is 9.75 Å². The van der Waals surface area contributed by atoms with E-state index in [0.29, 0.717) is 0 Å². The van der Waals surface area contributed by atoms with E-state index in [1.54, 1.807) is 11.3 Å². The van der Waals surface area contributed by atoms with Crippen LogP contribution in [0.4, 0.5) is 0 Å². The van der Waals surface area contributed by atoms with Crippen LogP contribution in [0.5, 0.6) is 0 Å². The van der Waals surface area contributed by atoms with E-state index in [1.165, 1.54) is 11.3 Å². The second-order valence-electron chi connectivity index (χ2n) is 4.17. The molecule has 3 heterocycles. The fourth-order valence-electron chi connectivity index (χ4n) is 2.02. The van der Waals surface area contributed by atoms with Crippen LogP contribution in [0.2, 0.25) is 0 Å². The van der Waals surface area contributed by atoms with Crippen LogP contribution in [0.15, 0.2) is 22.5 Å². The first-order chi connectivity index (χ1) is 8.74. The predicted molar refractivity (Wildman–Crippen MR) is 77.8 cm³/mol. The number of hydrogen-bond donors (Lipinski definition) is 1. The van der Waals surface area contributed by atoms with Gasteiger partial charge in [0.25, 0.3) is 5.91 Å². The maximum atomic E-state index is 12.2. The minimum Gasteiger partial charge on any atom is -0.338 e. The van der Waals surface area contributed by atoms with Crippen molar-refractivity contribution in [3.05, 3.63) is 22.4 Å². The van der Waals surface area contributed by atoms with Gasteiger partial charge in [-0.1, -0.05) is 0 Å². The molecule has 1 aliphatic rings. The van der Waals surface area contributed by atoms with E-state index in [4.69, 9.17) is 0 Å². The standard InChI is InChI=1S/C12H12N2OS3/c15-12(14-5-1-2-6-14)9-4-3-8(18-9)11-13-10(16)7-17-11/h3-4,7,16H,1-2,5-6H2. The van der Waals surface area contributed by atoms with E-state index in [2.05, 4.69) is 17.6 Å². The molecule has 2 aromatic rings. The van der Waals surface area contributed by atoms with Crippen molar-refractivity contribution in [3.8, 4) is 9.88 Å². The first kappa shape index (κ1) is 12.2. The lowest BCUT2D eigenvalue weighted by Gasteiger charge is -2.13. The zero-order valence-corrected chi connectivity index (χ0v) is 12.2. The summed E-state index contributed by atoms with van der Waals surface area (Å²) in [6.45, 7) is 1.79. The number of thiophene rings is 1. The molecule has 0 saturated carbocycles. The van der Waals surface area contributed by atoms with E-state index >= 15 is 0 Å². The van der Waals surface area contributed by atoms with Crippen LogP contribution in [0, 0.1) is 0 Å². The highest BCUT2D eigenvalue weighted by molar-refractivity contribution is 7.80. The summed E-state index contributed by atoms with van der Waals surface area (Å²) in [5, 5.41) is 3.57. The van der Waals surface area contributed by atoms with Crippen molar-refractivity contribution >= 4 is 41.2 Å². The number of nitrogens with zero attached hydrogens (tertiary/aromatic N) is 2. The normalized spacial score (nSPS) is 15.3. The van der Waals surface area contributed by atoms with Crippen LogP contribution in [0.1, 0.15) is 22.5 Å². The second-order valence-corrected chi connectivity index (χ2v) is 6.57. The van der Waals surface area contributed by atoms with Crippen LogP contribution >= 0.6 is 35.3 Å².